The molecule has 2 amide bonds. The highest BCUT2D eigenvalue weighted by molar-refractivity contribution is 7.92. The van der Waals surface area contributed by atoms with Crippen LogP contribution in [0.3, 0.4) is 0 Å². The highest BCUT2D eigenvalue weighted by atomic mass is 32.2. The van der Waals surface area contributed by atoms with Crippen molar-refractivity contribution in [3.05, 3.63) is 101 Å². The van der Waals surface area contributed by atoms with E-state index < -0.39 is 39.4 Å². The summed E-state index contributed by atoms with van der Waals surface area (Å²) in [6.45, 7) is -0.134. The first-order valence-corrected chi connectivity index (χ1v) is 16.7. The Hall–Kier alpha value is -3.86. The summed E-state index contributed by atoms with van der Waals surface area (Å²) in [7, 11) is -3.89. The predicted octanol–water partition coefficient (Wildman–Crippen LogP) is 5.74. The number of benzene rings is 3. The number of carbonyl (C=O) groups excluding carboxylic acids is 2. The lowest BCUT2D eigenvalue weighted by atomic mass is 9.94. The molecular weight excluding hydrogens is 591 g/mol. The zero-order chi connectivity index (χ0) is 31.7. The van der Waals surface area contributed by atoms with E-state index in [4.69, 9.17) is 0 Å². The molecule has 1 N–H and O–H groups in total. The first kappa shape index (κ1) is 33.0. The molecule has 3 aromatic rings. The molecule has 0 spiro atoms. The molecule has 11 heteroatoms. The Morgan fingerprint density at radius 2 is 1.57 bits per heavy atom. The molecule has 1 aliphatic rings. The highest BCUT2D eigenvalue weighted by Crippen LogP contribution is 2.23. The normalized spacial score (nSPS) is 14.5. The highest BCUT2D eigenvalue weighted by Gasteiger charge is 2.32. The van der Waals surface area contributed by atoms with Gasteiger partial charge in [0.2, 0.25) is 21.8 Å². The van der Waals surface area contributed by atoms with E-state index in [9.17, 15) is 31.2 Å². The van der Waals surface area contributed by atoms with Gasteiger partial charge in [0.15, 0.2) is 11.6 Å². The summed E-state index contributed by atoms with van der Waals surface area (Å²) in [5.41, 5.74) is 1.42. The number of rotatable bonds is 13. The van der Waals surface area contributed by atoms with Crippen molar-refractivity contribution < 1.29 is 31.2 Å². The molecule has 0 heterocycles. The van der Waals surface area contributed by atoms with Crippen molar-refractivity contribution in [3.63, 3.8) is 0 Å². The molecule has 7 nitrogen and oxygen atoms in total. The van der Waals surface area contributed by atoms with Crippen LogP contribution >= 0.6 is 0 Å². The summed E-state index contributed by atoms with van der Waals surface area (Å²) >= 11 is 0. The van der Waals surface area contributed by atoms with Gasteiger partial charge >= 0.3 is 0 Å². The maximum atomic E-state index is 13.9. The van der Waals surface area contributed by atoms with Crippen LogP contribution in [0, 0.1) is 17.5 Å². The summed E-state index contributed by atoms with van der Waals surface area (Å²) in [4.78, 5) is 29.2. The average Bonchev–Trinajstić information content (AvgIpc) is 3.00. The maximum Gasteiger partial charge on any atom is 0.243 e. The van der Waals surface area contributed by atoms with Crippen LogP contribution in [0.2, 0.25) is 0 Å². The number of carbonyl (C=O) groups is 2. The van der Waals surface area contributed by atoms with Crippen molar-refractivity contribution >= 4 is 27.5 Å². The molecule has 0 radical (unpaired) electrons. The van der Waals surface area contributed by atoms with Crippen LogP contribution in [0.5, 0.6) is 0 Å². The fourth-order valence-corrected chi connectivity index (χ4v) is 6.49. The molecule has 1 saturated carbocycles. The lowest BCUT2D eigenvalue weighted by Gasteiger charge is -2.34. The van der Waals surface area contributed by atoms with E-state index >= 15 is 0 Å². The standard InChI is InChI=1S/C33H38F3N3O4S/c1-44(42,43)39(28-18-19-29(35)30(36)22-28)20-8-13-32(40)38(23-25-14-16-26(34)17-15-25)31(21-24-9-4-2-5-10-24)33(41)37-27-11-6-3-7-12-27/h2,4-5,9-10,14-19,22,27,31H,3,6-8,11-13,20-21,23H2,1H3,(H,37,41). The number of nitrogens with one attached hydrogen (secondary N) is 1. The van der Waals surface area contributed by atoms with Crippen LogP contribution in [0.25, 0.3) is 0 Å². The van der Waals surface area contributed by atoms with E-state index in [1.54, 1.807) is 12.1 Å². The molecule has 1 unspecified atom stereocenters. The van der Waals surface area contributed by atoms with Gasteiger partial charge in [0.1, 0.15) is 11.9 Å². The first-order chi connectivity index (χ1) is 21.0. The Bertz CT molecular complexity index is 1510. The molecule has 1 fully saturated rings. The number of halogens is 3. The van der Waals surface area contributed by atoms with Crippen molar-refractivity contribution in [1.82, 2.24) is 10.2 Å². The van der Waals surface area contributed by atoms with E-state index in [2.05, 4.69) is 5.32 Å². The Kier molecular flexibility index (Phi) is 11.4. The van der Waals surface area contributed by atoms with Crippen LogP contribution < -0.4 is 9.62 Å². The minimum Gasteiger partial charge on any atom is -0.352 e. The van der Waals surface area contributed by atoms with Crippen LogP contribution in [0.1, 0.15) is 56.1 Å². The quantitative estimate of drug-likeness (QED) is 0.261. The second-order valence-corrected chi connectivity index (χ2v) is 13.1. The van der Waals surface area contributed by atoms with Crippen LogP contribution in [-0.4, -0.2) is 50.0 Å². The fourth-order valence-electron chi connectivity index (χ4n) is 5.53. The largest absolute Gasteiger partial charge is 0.352 e. The monoisotopic (exact) mass is 629 g/mol. The third-order valence-corrected chi connectivity index (χ3v) is 9.03. The van der Waals surface area contributed by atoms with Gasteiger partial charge in [-0.2, -0.15) is 0 Å². The lowest BCUT2D eigenvalue weighted by Crippen LogP contribution is -2.52. The molecule has 0 aromatic heterocycles. The van der Waals surface area contributed by atoms with Crippen molar-refractivity contribution in [3.8, 4) is 0 Å². The van der Waals surface area contributed by atoms with Gasteiger partial charge in [-0.15, -0.1) is 0 Å². The van der Waals surface area contributed by atoms with Gasteiger partial charge in [0, 0.05) is 38.0 Å². The third kappa shape index (κ3) is 9.32. The van der Waals surface area contributed by atoms with Gasteiger partial charge in [0.05, 0.1) is 11.9 Å². The summed E-state index contributed by atoms with van der Waals surface area (Å²) in [6, 6.07) is 17.0. The summed E-state index contributed by atoms with van der Waals surface area (Å²) < 4.78 is 67.1. The Morgan fingerprint density at radius 3 is 2.20 bits per heavy atom. The van der Waals surface area contributed by atoms with Crippen LogP contribution in [0.15, 0.2) is 72.8 Å². The van der Waals surface area contributed by atoms with Gasteiger partial charge in [-0.1, -0.05) is 61.7 Å². The van der Waals surface area contributed by atoms with Gasteiger partial charge in [-0.05, 0) is 54.7 Å². The summed E-state index contributed by atoms with van der Waals surface area (Å²) in [5, 5.41) is 3.15. The van der Waals surface area contributed by atoms with Gasteiger partial charge in [0.25, 0.3) is 0 Å². The summed E-state index contributed by atoms with van der Waals surface area (Å²) in [6.07, 6.45) is 5.99. The number of anilines is 1. The average molecular weight is 630 g/mol. The number of sulfonamides is 1. The van der Waals surface area contributed by atoms with E-state index in [0.29, 0.717) is 5.56 Å². The Labute approximate surface area is 257 Å². The first-order valence-electron chi connectivity index (χ1n) is 14.8. The van der Waals surface area contributed by atoms with E-state index in [1.807, 2.05) is 30.3 Å². The fraction of sp³-hybridized carbons (Fsp3) is 0.394. The van der Waals surface area contributed by atoms with Crippen LogP contribution in [-0.2, 0) is 32.6 Å². The van der Waals surface area contributed by atoms with Crippen molar-refractivity contribution in [2.45, 2.75) is 70.0 Å². The summed E-state index contributed by atoms with van der Waals surface area (Å²) in [5.74, 6) is -3.40. The minimum absolute atomic E-state index is 0.0109. The maximum absolute atomic E-state index is 13.9. The number of hydrogen-bond acceptors (Lipinski definition) is 4. The van der Waals surface area contributed by atoms with Gasteiger partial charge in [-0.3, -0.25) is 13.9 Å². The Morgan fingerprint density at radius 1 is 0.886 bits per heavy atom. The van der Waals surface area contributed by atoms with Crippen molar-refractivity contribution in [1.29, 1.82) is 0 Å². The second-order valence-electron chi connectivity index (χ2n) is 11.2. The lowest BCUT2D eigenvalue weighted by molar-refractivity contribution is -0.141. The zero-order valence-corrected chi connectivity index (χ0v) is 25.5. The third-order valence-electron chi connectivity index (χ3n) is 7.83. The van der Waals surface area contributed by atoms with Crippen molar-refractivity contribution in [2.24, 2.45) is 0 Å². The minimum atomic E-state index is -3.89. The van der Waals surface area contributed by atoms with Crippen molar-refractivity contribution in [2.75, 3.05) is 17.1 Å². The molecule has 1 atom stereocenters. The van der Waals surface area contributed by atoms with E-state index in [-0.39, 0.29) is 50.0 Å². The van der Waals surface area contributed by atoms with E-state index in [0.717, 1.165) is 66.4 Å². The van der Waals surface area contributed by atoms with E-state index in [1.165, 1.54) is 17.0 Å². The molecule has 0 aliphatic heterocycles. The smallest absolute Gasteiger partial charge is 0.243 e. The molecular formula is C33H38F3N3O4S. The molecule has 0 saturated heterocycles. The molecule has 4 rings (SSSR count). The number of nitrogens with zero attached hydrogens (tertiary/aromatic N) is 2. The topological polar surface area (TPSA) is 86.8 Å². The van der Waals surface area contributed by atoms with Gasteiger partial charge < -0.3 is 10.2 Å². The molecule has 1 aliphatic carbocycles. The molecule has 44 heavy (non-hydrogen) atoms. The number of hydrogen-bond donors (Lipinski definition) is 1. The predicted molar refractivity (Wildman–Crippen MR) is 164 cm³/mol. The molecule has 3 aromatic carbocycles. The second kappa shape index (κ2) is 15.2. The molecule has 236 valence electrons. The molecule has 0 bridgehead atoms. The SMILES string of the molecule is CS(=O)(=O)N(CCCC(=O)N(Cc1ccc(F)cc1)C(Cc1ccccc1)C(=O)NC1CCCCC1)c1ccc(F)c(F)c1. The number of amides is 2. The van der Waals surface area contributed by atoms with Crippen LogP contribution in [0.4, 0.5) is 18.9 Å². The van der Waals surface area contributed by atoms with Gasteiger partial charge in [-0.25, -0.2) is 21.6 Å². The zero-order valence-electron chi connectivity index (χ0n) is 24.7. The Balaban J connectivity index is 1.59.